The van der Waals surface area contributed by atoms with Crippen LogP contribution in [0.2, 0.25) is 0 Å². The number of aromatic nitrogens is 2. The first-order chi connectivity index (χ1) is 8.27. The summed E-state index contributed by atoms with van der Waals surface area (Å²) in [5.41, 5.74) is 6.86. The zero-order valence-corrected chi connectivity index (χ0v) is 8.93. The van der Waals surface area contributed by atoms with Crippen molar-refractivity contribution in [3.05, 3.63) is 18.3 Å². The van der Waals surface area contributed by atoms with Crippen LogP contribution in [0.15, 0.2) is 18.3 Å². The van der Waals surface area contributed by atoms with E-state index in [1.54, 1.807) is 18.3 Å². The number of hydrogen-bond acceptors (Lipinski definition) is 5. The fraction of sp³-hybridized carbons (Fsp3) is 0.182. The highest BCUT2D eigenvalue weighted by Crippen LogP contribution is 2.46. The number of ether oxygens (including phenoxy) is 2. The van der Waals surface area contributed by atoms with Crippen LogP contribution >= 0.6 is 0 Å². The van der Waals surface area contributed by atoms with Crippen molar-refractivity contribution in [3.63, 3.8) is 0 Å². The lowest BCUT2D eigenvalue weighted by atomic mass is 10.1. The van der Waals surface area contributed by atoms with Crippen LogP contribution in [0.4, 0.5) is 5.82 Å². The predicted molar refractivity (Wildman–Crippen MR) is 61.1 cm³/mol. The molecule has 0 spiro atoms. The van der Waals surface area contributed by atoms with Crippen LogP contribution in [0.1, 0.15) is 0 Å². The molecule has 4 N–H and O–H groups in total. The van der Waals surface area contributed by atoms with Crippen LogP contribution in [0.25, 0.3) is 11.1 Å². The Bertz CT molecular complexity index is 565. The summed E-state index contributed by atoms with van der Waals surface area (Å²) in [6.45, 7) is 0.944. The topological polar surface area (TPSA) is 93.4 Å². The van der Waals surface area contributed by atoms with Gasteiger partial charge in [0.2, 0.25) is 0 Å². The summed E-state index contributed by atoms with van der Waals surface area (Å²) in [6.07, 6.45) is 1.54. The first-order valence-electron chi connectivity index (χ1n) is 5.18. The molecule has 0 saturated heterocycles. The van der Waals surface area contributed by atoms with Crippen LogP contribution < -0.4 is 15.2 Å². The maximum atomic E-state index is 9.93. The Morgan fingerprint density at radius 3 is 2.88 bits per heavy atom. The fourth-order valence-corrected chi connectivity index (χ4v) is 1.86. The van der Waals surface area contributed by atoms with Crippen molar-refractivity contribution in [2.45, 2.75) is 0 Å². The highest BCUT2D eigenvalue weighted by molar-refractivity contribution is 5.84. The van der Waals surface area contributed by atoms with Crippen LogP contribution in [-0.2, 0) is 0 Å². The molecule has 6 nitrogen and oxygen atoms in total. The van der Waals surface area contributed by atoms with Gasteiger partial charge < -0.3 is 20.3 Å². The maximum absolute atomic E-state index is 9.93. The summed E-state index contributed by atoms with van der Waals surface area (Å²) >= 11 is 0. The Morgan fingerprint density at radius 1 is 1.29 bits per heavy atom. The summed E-state index contributed by atoms with van der Waals surface area (Å²) in [4.78, 5) is 0. The highest BCUT2D eigenvalue weighted by Gasteiger charge is 2.22. The summed E-state index contributed by atoms with van der Waals surface area (Å²) in [5, 5.41) is 16.4. The van der Waals surface area contributed by atoms with Crippen LogP contribution in [0.5, 0.6) is 17.2 Å². The Hall–Kier alpha value is -2.37. The molecule has 0 saturated carbocycles. The Labute approximate surface area is 97.0 Å². The molecule has 2 aromatic rings. The first kappa shape index (κ1) is 9.83. The third-order valence-corrected chi connectivity index (χ3v) is 2.63. The van der Waals surface area contributed by atoms with Gasteiger partial charge in [0.1, 0.15) is 24.8 Å². The molecule has 0 aliphatic carbocycles. The van der Waals surface area contributed by atoms with Gasteiger partial charge in [-0.05, 0) is 12.1 Å². The molecule has 0 radical (unpaired) electrons. The number of aromatic amines is 1. The normalized spacial score (nSPS) is 13.6. The minimum Gasteiger partial charge on any atom is -0.507 e. The van der Waals surface area contributed by atoms with Crippen LogP contribution in [0.3, 0.4) is 0 Å². The van der Waals surface area contributed by atoms with Gasteiger partial charge >= 0.3 is 0 Å². The lowest BCUT2D eigenvalue weighted by molar-refractivity contribution is 0.172. The minimum atomic E-state index is 0.0855. The number of nitrogen functional groups attached to an aromatic ring is 1. The van der Waals surface area contributed by atoms with Crippen molar-refractivity contribution >= 4 is 5.82 Å². The van der Waals surface area contributed by atoms with Gasteiger partial charge in [0, 0.05) is 0 Å². The average Bonchev–Trinajstić information content (AvgIpc) is 2.75. The molecular formula is C11H11N3O3. The summed E-state index contributed by atoms with van der Waals surface area (Å²) in [7, 11) is 0. The van der Waals surface area contributed by atoms with E-state index >= 15 is 0 Å². The molecule has 1 aromatic heterocycles. The lowest BCUT2D eigenvalue weighted by Gasteiger charge is -2.21. The highest BCUT2D eigenvalue weighted by atomic mass is 16.6. The van der Waals surface area contributed by atoms with Gasteiger partial charge in [0.25, 0.3) is 0 Å². The minimum absolute atomic E-state index is 0.0855. The SMILES string of the molecule is Nc1[nH]ncc1-c1c(O)ccc2c1OCCO2. The van der Waals surface area contributed by atoms with Crippen molar-refractivity contribution in [1.29, 1.82) is 0 Å². The molecule has 0 bridgehead atoms. The van der Waals surface area contributed by atoms with Gasteiger partial charge in [0.05, 0.1) is 17.3 Å². The van der Waals surface area contributed by atoms with E-state index < -0.39 is 0 Å². The zero-order chi connectivity index (χ0) is 11.8. The number of benzene rings is 1. The van der Waals surface area contributed by atoms with Gasteiger partial charge in [-0.1, -0.05) is 0 Å². The monoisotopic (exact) mass is 233 g/mol. The van der Waals surface area contributed by atoms with Crippen molar-refractivity contribution < 1.29 is 14.6 Å². The Balaban J connectivity index is 2.25. The van der Waals surface area contributed by atoms with E-state index in [0.29, 0.717) is 41.7 Å². The largest absolute Gasteiger partial charge is 0.507 e. The van der Waals surface area contributed by atoms with Crippen molar-refractivity contribution in [1.82, 2.24) is 10.2 Å². The molecule has 1 aromatic carbocycles. The number of fused-ring (bicyclic) bond motifs is 1. The zero-order valence-electron chi connectivity index (χ0n) is 8.93. The second kappa shape index (κ2) is 3.58. The van der Waals surface area contributed by atoms with E-state index in [1.807, 2.05) is 0 Å². The van der Waals surface area contributed by atoms with Gasteiger partial charge in [0.15, 0.2) is 11.5 Å². The van der Waals surface area contributed by atoms with E-state index in [-0.39, 0.29) is 5.75 Å². The van der Waals surface area contributed by atoms with Gasteiger partial charge in [-0.2, -0.15) is 5.10 Å². The number of aromatic hydroxyl groups is 1. The van der Waals surface area contributed by atoms with E-state index in [1.165, 1.54) is 0 Å². The van der Waals surface area contributed by atoms with E-state index in [0.717, 1.165) is 0 Å². The van der Waals surface area contributed by atoms with Crippen molar-refractivity contribution in [3.8, 4) is 28.4 Å². The molecule has 17 heavy (non-hydrogen) atoms. The summed E-state index contributed by atoms with van der Waals surface area (Å²) in [5.74, 6) is 1.57. The number of hydrogen-bond donors (Lipinski definition) is 3. The average molecular weight is 233 g/mol. The van der Waals surface area contributed by atoms with Crippen molar-refractivity contribution in [2.75, 3.05) is 18.9 Å². The molecule has 2 heterocycles. The number of nitrogens with zero attached hydrogens (tertiary/aromatic N) is 1. The van der Waals surface area contributed by atoms with Crippen LogP contribution in [0, 0.1) is 0 Å². The number of H-pyrrole nitrogens is 1. The molecule has 88 valence electrons. The smallest absolute Gasteiger partial charge is 0.173 e. The third kappa shape index (κ3) is 1.45. The molecule has 0 fully saturated rings. The molecule has 6 heteroatoms. The van der Waals surface area contributed by atoms with E-state index in [4.69, 9.17) is 15.2 Å². The molecule has 0 unspecified atom stereocenters. The lowest BCUT2D eigenvalue weighted by Crippen LogP contribution is -2.16. The summed E-state index contributed by atoms with van der Waals surface area (Å²) in [6, 6.07) is 3.22. The van der Waals surface area contributed by atoms with E-state index in [9.17, 15) is 5.11 Å². The van der Waals surface area contributed by atoms with Gasteiger partial charge in [-0.15, -0.1) is 0 Å². The predicted octanol–water partition coefficient (Wildman–Crippen LogP) is 1.14. The Morgan fingerprint density at radius 2 is 2.12 bits per heavy atom. The number of nitrogens with two attached hydrogens (primary N) is 1. The van der Waals surface area contributed by atoms with Crippen molar-refractivity contribution in [2.24, 2.45) is 0 Å². The van der Waals surface area contributed by atoms with Gasteiger partial charge in [-0.3, -0.25) is 5.10 Å². The van der Waals surface area contributed by atoms with E-state index in [2.05, 4.69) is 10.2 Å². The molecule has 0 amide bonds. The second-order valence-corrected chi connectivity index (χ2v) is 3.68. The number of nitrogens with one attached hydrogen (secondary N) is 1. The molecule has 3 rings (SSSR count). The van der Waals surface area contributed by atoms with Gasteiger partial charge in [-0.25, -0.2) is 0 Å². The first-order valence-corrected chi connectivity index (χ1v) is 5.18. The number of phenols is 1. The molecule has 1 aliphatic heterocycles. The third-order valence-electron chi connectivity index (χ3n) is 2.63. The summed E-state index contributed by atoms with van der Waals surface area (Å²) < 4.78 is 11.0. The molecular weight excluding hydrogens is 222 g/mol. The number of anilines is 1. The van der Waals surface area contributed by atoms with Crippen LogP contribution in [-0.4, -0.2) is 28.5 Å². The maximum Gasteiger partial charge on any atom is 0.173 e. The second-order valence-electron chi connectivity index (χ2n) is 3.68. The number of phenolic OH excluding ortho intramolecular Hbond substituents is 1. The fourth-order valence-electron chi connectivity index (χ4n) is 1.86. The quantitative estimate of drug-likeness (QED) is 0.686. The Kier molecular flexibility index (Phi) is 2.07. The molecule has 0 atom stereocenters. The number of rotatable bonds is 1. The standard InChI is InChI=1S/C11H11N3O3/c12-11-6(5-13-14-11)9-7(15)1-2-8-10(9)17-4-3-16-8/h1-2,5,15H,3-4H2,(H3,12,13,14). The molecule has 1 aliphatic rings.